The number of halogens is 1. The van der Waals surface area contributed by atoms with Crippen LogP contribution in [0, 0.1) is 3.57 Å². The number of methoxy groups -OCH3 is 1. The van der Waals surface area contributed by atoms with E-state index in [1.165, 1.54) is 38.5 Å². The monoisotopic (exact) mass is 596 g/mol. The highest BCUT2D eigenvalue weighted by Gasteiger charge is 2.39. The zero-order valence-corrected chi connectivity index (χ0v) is 23.6. The highest BCUT2D eigenvalue weighted by molar-refractivity contribution is 14.1. The second-order valence-corrected chi connectivity index (χ2v) is 11.8. The molecular weight excluding hydrogens is 559 g/mol. The number of benzene rings is 1. The number of hydrogen-bond donors (Lipinski definition) is 0. The number of carbonyl (C=O) groups is 1. The van der Waals surface area contributed by atoms with Gasteiger partial charge in [-0.2, -0.15) is 0 Å². The smallest absolute Gasteiger partial charge is 0.266 e. The van der Waals surface area contributed by atoms with E-state index in [0.29, 0.717) is 11.8 Å². The Morgan fingerprint density at radius 3 is 2.47 bits per heavy atom. The van der Waals surface area contributed by atoms with Gasteiger partial charge >= 0.3 is 0 Å². The van der Waals surface area contributed by atoms with Gasteiger partial charge in [0.05, 0.1) is 27.7 Å². The molecule has 1 amide bonds. The number of carbonyl (C=O) groups excluding carboxylic acids is 1. The average molecular weight is 597 g/mol. The third-order valence-electron chi connectivity index (χ3n) is 7.09. The van der Waals surface area contributed by atoms with Crippen LogP contribution in [-0.4, -0.2) is 41.3 Å². The van der Waals surface area contributed by atoms with E-state index in [4.69, 9.17) is 14.5 Å². The first-order valence-corrected chi connectivity index (χ1v) is 14.7. The lowest BCUT2D eigenvalue weighted by Crippen LogP contribution is -2.41. The minimum Gasteiger partial charge on any atom is -0.493 e. The summed E-state index contributed by atoms with van der Waals surface area (Å²) in [5.74, 6) is 1.59. The molecule has 3 fully saturated rings. The van der Waals surface area contributed by atoms with E-state index in [-0.39, 0.29) is 18.1 Å². The van der Waals surface area contributed by atoms with Gasteiger partial charge in [0.2, 0.25) is 0 Å². The molecule has 4 rings (SSSR count). The van der Waals surface area contributed by atoms with E-state index >= 15 is 0 Å². The second-order valence-electron chi connectivity index (χ2n) is 9.65. The topological polar surface area (TPSA) is 51.1 Å². The molecule has 1 aromatic carbocycles. The Kier molecular flexibility index (Phi) is 9.24. The third-order valence-corrected chi connectivity index (χ3v) is 8.89. The molecule has 1 heterocycles. The largest absolute Gasteiger partial charge is 0.493 e. The molecule has 1 unspecified atom stereocenters. The fourth-order valence-corrected chi connectivity index (χ4v) is 6.84. The first-order valence-electron chi connectivity index (χ1n) is 12.8. The van der Waals surface area contributed by atoms with Crippen molar-refractivity contribution in [1.29, 1.82) is 0 Å². The van der Waals surface area contributed by atoms with Crippen LogP contribution in [0.3, 0.4) is 0 Å². The lowest BCUT2D eigenvalue weighted by molar-refractivity contribution is -0.124. The first kappa shape index (κ1) is 25.9. The molecule has 0 radical (unpaired) electrons. The molecule has 0 aromatic heterocycles. The summed E-state index contributed by atoms with van der Waals surface area (Å²) >= 11 is 3.86. The van der Waals surface area contributed by atoms with Gasteiger partial charge in [-0.25, -0.2) is 0 Å². The minimum absolute atomic E-state index is 0.111. The fourth-order valence-electron chi connectivity index (χ4n) is 4.98. The molecule has 1 atom stereocenters. The molecule has 5 nitrogen and oxygen atoms in total. The SMILES string of the molecule is CCC(C)Oc1c(I)cc(C=C2SC(=NC3CCCCC3)N(C3CCCCC3)C2=O)cc1OC. The Morgan fingerprint density at radius 2 is 1.82 bits per heavy atom. The molecule has 186 valence electrons. The molecular formula is C27H37IN2O3S. The van der Waals surface area contributed by atoms with E-state index in [1.54, 1.807) is 18.9 Å². The van der Waals surface area contributed by atoms with E-state index in [1.807, 2.05) is 17.0 Å². The van der Waals surface area contributed by atoms with Crippen molar-refractivity contribution in [1.82, 2.24) is 4.90 Å². The van der Waals surface area contributed by atoms with Gasteiger partial charge in [-0.3, -0.25) is 14.7 Å². The average Bonchev–Trinajstić information content (AvgIpc) is 3.15. The van der Waals surface area contributed by atoms with E-state index in [9.17, 15) is 4.79 Å². The Labute approximate surface area is 222 Å². The second kappa shape index (κ2) is 12.2. The standard InChI is InChI=1S/C27H37IN2O3S/c1-4-18(2)33-25-22(28)15-19(16-23(25)32-3)17-24-26(31)30(21-13-9-6-10-14-21)27(34-24)29-20-11-7-5-8-12-20/h15-18,20-21H,4-14H2,1-3H3. The van der Waals surface area contributed by atoms with E-state index in [2.05, 4.69) is 42.5 Å². The number of amidine groups is 1. The van der Waals surface area contributed by atoms with Crippen LogP contribution in [0.25, 0.3) is 6.08 Å². The van der Waals surface area contributed by atoms with Crippen LogP contribution >= 0.6 is 34.4 Å². The highest BCUT2D eigenvalue weighted by Crippen LogP contribution is 2.40. The van der Waals surface area contributed by atoms with Gasteiger partial charge in [0.1, 0.15) is 0 Å². The van der Waals surface area contributed by atoms with Crippen molar-refractivity contribution in [3.63, 3.8) is 0 Å². The van der Waals surface area contributed by atoms with Crippen molar-refractivity contribution in [2.24, 2.45) is 4.99 Å². The van der Waals surface area contributed by atoms with Gasteiger partial charge in [-0.15, -0.1) is 0 Å². The van der Waals surface area contributed by atoms with E-state index in [0.717, 1.165) is 57.1 Å². The molecule has 1 aliphatic heterocycles. The number of hydrogen-bond acceptors (Lipinski definition) is 5. The summed E-state index contributed by atoms with van der Waals surface area (Å²) < 4.78 is 12.8. The van der Waals surface area contributed by atoms with Gasteiger partial charge in [-0.1, -0.05) is 45.4 Å². The maximum Gasteiger partial charge on any atom is 0.266 e. The zero-order valence-electron chi connectivity index (χ0n) is 20.6. The molecule has 2 aliphatic carbocycles. The Morgan fingerprint density at radius 1 is 1.15 bits per heavy atom. The summed E-state index contributed by atoms with van der Waals surface area (Å²) in [6, 6.07) is 4.68. The Hall–Kier alpha value is -1.22. The Balaban J connectivity index is 1.64. The summed E-state index contributed by atoms with van der Waals surface area (Å²) in [6.07, 6.45) is 14.9. The summed E-state index contributed by atoms with van der Waals surface area (Å²) in [6.45, 7) is 4.17. The zero-order chi connectivity index (χ0) is 24.1. The first-order chi connectivity index (χ1) is 16.5. The van der Waals surface area contributed by atoms with Gasteiger partial charge < -0.3 is 9.47 Å². The van der Waals surface area contributed by atoms with Crippen molar-refractivity contribution in [3.05, 3.63) is 26.2 Å². The van der Waals surface area contributed by atoms with Crippen LogP contribution in [0.1, 0.15) is 90.0 Å². The van der Waals surface area contributed by atoms with Crippen LogP contribution < -0.4 is 9.47 Å². The van der Waals surface area contributed by atoms with E-state index < -0.39 is 0 Å². The Bertz CT molecular complexity index is 936. The van der Waals surface area contributed by atoms with Gasteiger partial charge in [0.25, 0.3) is 5.91 Å². The van der Waals surface area contributed by atoms with Gasteiger partial charge in [-0.05, 0) is 97.2 Å². The molecule has 2 saturated carbocycles. The minimum atomic E-state index is 0.111. The predicted octanol–water partition coefficient (Wildman–Crippen LogP) is 7.41. The molecule has 0 bridgehead atoms. The number of nitrogens with zero attached hydrogens (tertiary/aromatic N) is 2. The molecule has 0 N–H and O–H groups in total. The van der Waals surface area contributed by atoms with Crippen molar-refractivity contribution in [2.75, 3.05) is 7.11 Å². The molecule has 3 aliphatic rings. The molecule has 34 heavy (non-hydrogen) atoms. The number of ether oxygens (including phenoxy) is 2. The third kappa shape index (κ3) is 6.12. The number of aliphatic imine (C=N–C) groups is 1. The van der Waals surface area contributed by atoms with Crippen LogP contribution in [0.4, 0.5) is 0 Å². The quantitative estimate of drug-likeness (QED) is 0.243. The van der Waals surface area contributed by atoms with Crippen LogP contribution in [0.15, 0.2) is 22.0 Å². The summed E-state index contributed by atoms with van der Waals surface area (Å²) in [5.41, 5.74) is 0.955. The maximum atomic E-state index is 13.7. The van der Waals surface area contributed by atoms with Crippen LogP contribution in [-0.2, 0) is 4.79 Å². The number of rotatable bonds is 7. The van der Waals surface area contributed by atoms with Crippen molar-refractivity contribution >= 4 is 51.5 Å². The van der Waals surface area contributed by atoms with Crippen molar-refractivity contribution in [3.8, 4) is 11.5 Å². The normalized spacial score (nSPS) is 23.6. The fraction of sp³-hybridized carbons (Fsp3) is 0.630. The molecule has 7 heteroatoms. The summed E-state index contributed by atoms with van der Waals surface area (Å²) in [4.78, 5) is 21.6. The molecule has 1 aromatic rings. The molecule has 0 spiro atoms. The maximum absolute atomic E-state index is 13.7. The van der Waals surface area contributed by atoms with Crippen LogP contribution in [0.5, 0.6) is 11.5 Å². The summed E-state index contributed by atoms with van der Waals surface area (Å²) in [7, 11) is 1.67. The van der Waals surface area contributed by atoms with Gasteiger partial charge in [0.15, 0.2) is 16.7 Å². The van der Waals surface area contributed by atoms with Crippen LogP contribution in [0.2, 0.25) is 0 Å². The highest BCUT2D eigenvalue weighted by atomic mass is 127. The lowest BCUT2D eigenvalue weighted by atomic mass is 9.94. The van der Waals surface area contributed by atoms with Crippen molar-refractivity contribution < 1.29 is 14.3 Å². The molecule has 1 saturated heterocycles. The van der Waals surface area contributed by atoms with Crippen molar-refractivity contribution in [2.45, 2.75) is 103 Å². The lowest BCUT2D eigenvalue weighted by Gasteiger charge is -2.31. The summed E-state index contributed by atoms with van der Waals surface area (Å²) in [5, 5.41) is 0.924. The predicted molar refractivity (Wildman–Crippen MR) is 150 cm³/mol. The number of amides is 1. The number of thioether (sulfide) groups is 1. The van der Waals surface area contributed by atoms with Gasteiger partial charge in [0, 0.05) is 6.04 Å².